The van der Waals surface area contributed by atoms with E-state index in [0.29, 0.717) is 4.31 Å². The van der Waals surface area contributed by atoms with E-state index in [4.69, 9.17) is 0 Å². The van der Waals surface area contributed by atoms with Gasteiger partial charge in [0.15, 0.2) is 11.6 Å². The summed E-state index contributed by atoms with van der Waals surface area (Å²) in [6.07, 6.45) is 1.05. The number of hydrogen-bond acceptors (Lipinski definition) is 4. The fraction of sp³-hybridized carbons (Fsp3) is 0.259. The van der Waals surface area contributed by atoms with Crippen LogP contribution in [0, 0.1) is 18.6 Å². The Morgan fingerprint density at radius 3 is 2.19 bits per heavy atom. The molecule has 0 fully saturated rings. The van der Waals surface area contributed by atoms with Crippen molar-refractivity contribution in [2.24, 2.45) is 0 Å². The van der Waals surface area contributed by atoms with Crippen LogP contribution >= 0.6 is 0 Å². The van der Waals surface area contributed by atoms with Crippen molar-refractivity contribution >= 4 is 27.5 Å². The summed E-state index contributed by atoms with van der Waals surface area (Å²) >= 11 is 0. The highest BCUT2D eigenvalue weighted by Gasteiger charge is 2.33. The van der Waals surface area contributed by atoms with Gasteiger partial charge in [-0.3, -0.25) is 13.9 Å². The monoisotopic (exact) mass is 529 g/mol. The van der Waals surface area contributed by atoms with E-state index in [9.17, 15) is 26.8 Å². The van der Waals surface area contributed by atoms with Crippen LogP contribution < -0.4 is 9.62 Å². The van der Waals surface area contributed by atoms with Crippen LogP contribution in [0.4, 0.5) is 14.5 Å². The van der Waals surface area contributed by atoms with Gasteiger partial charge < -0.3 is 10.2 Å². The Hall–Kier alpha value is -3.79. The maximum atomic E-state index is 13.9. The van der Waals surface area contributed by atoms with Crippen molar-refractivity contribution in [1.82, 2.24) is 10.2 Å². The first-order chi connectivity index (χ1) is 17.5. The molecule has 0 aliphatic heterocycles. The minimum Gasteiger partial charge on any atom is -0.357 e. The summed E-state index contributed by atoms with van der Waals surface area (Å²) < 4.78 is 53.4. The number of carbonyl (C=O) groups is 2. The number of halogens is 2. The molecule has 0 radical (unpaired) electrons. The molecule has 3 rings (SSSR count). The van der Waals surface area contributed by atoms with Gasteiger partial charge in [0.05, 0.1) is 11.9 Å². The highest BCUT2D eigenvalue weighted by atomic mass is 32.2. The van der Waals surface area contributed by atoms with E-state index in [1.54, 1.807) is 6.07 Å². The number of benzene rings is 3. The van der Waals surface area contributed by atoms with E-state index < -0.39 is 46.1 Å². The van der Waals surface area contributed by atoms with Gasteiger partial charge in [0.25, 0.3) is 0 Å². The number of carbonyl (C=O) groups excluding carboxylic acids is 2. The lowest BCUT2D eigenvalue weighted by Crippen LogP contribution is -2.53. The van der Waals surface area contributed by atoms with Gasteiger partial charge in [0.2, 0.25) is 21.8 Å². The van der Waals surface area contributed by atoms with E-state index in [2.05, 4.69) is 5.32 Å². The van der Waals surface area contributed by atoms with Crippen molar-refractivity contribution in [2.45, 2.75) is 25.9 Å². The summed E-state index contributed by atoms with van der Waals surface area (Å²) in [4.78, 5) is 28.1. The first kappa shape index (κ1) is 27.8. The summed E-state index contributed by atoms with van der Waals surface area (Å²) in [6, 6.07) is 18.1. The molecule has 0 saturated heterocycles. The topological polar surface area (TPSA) is 86.8 Å². The number of sulfonamides is 1. The number of rotatable bonds is 10. The Kier molecular flexibility index (Phi) is 8.99. The Morgan fingerprint density at radius 1 is 0.946 bits per heavy atom. The molecule has 2 amide bonds. The Bertz CT molecular complexity index is 1370. The fourth-order valence-electron chi connectivity index (χ4n) is 3.95. The molecule has 0 saturated carbocycles. The van der Waals surface area contributed by atoms with Gasteiger partial charge in [-0.25, -0.2) is 17.2 Å². The minimum absolute atomic E-state index is 0.0335. The van der Waals surface area contributed by atoms with Crippen LogP contribution in [0.15, 0.2) is 72.8 Å². The zero-order valence-electron chi connectivity index (χ0n) is 20.8. The summed E-state index contributed by atoms with van der Waals surface area (Å²) in [6.45, 7) is 1.19. The molecule has 196 valence electrons. The Balaban J connectivity index is 2.05. The molecule has 0 spiro atoms. The SMILES string of the molecule is CNC(=O)[C@@H](Cc1ccccc1)N(Cc1ccccc1C)C(=O)CN(c1ccc(F)c(F)c1)S(C)(=O)=O. The minimum atomic E-state index is -4.07. The van der Waals surface area contributed by atoms with Crippen LogP contribution in [0.25, 0.3) is 0 Å². The number of anilines is 1. The van der Waals surface area contributed by atoms with Crippen LogP contribution in [0.1, 0.15) is 16.7 Å². The summed E-state index contributed by atoms with van der Waals surface area (Å²) in [5, 5.41) is 2.59. The maximum absolute atomic E-state index is 13.9. The van der Waals surface area contributed by atoms with Gasteiger partial charge in [-0.05, 0) is 35.7 Å². The molecule has 1 N–H and O–H groups in total. The van der Waals surface area contributed by atoms with Gasteiger partial charge in [-0.15, -0.1) is 0 Å². The lowest BCUT2D eigenvalue weighted by Gasteiger charge is -2.33. The number of nitrogens with zero attached hydrogens (tertiary/aromatic N) is 2. The third kappa shape index (κ3) is 7.13. The average molecular weight is 530 g/mol. The van der Waals surface area contributed by atoms with E-state index >= 15 is 0 Å². The van der Waals surface area contributed by atoms with Crippen molar-refractivity contribution in [3.8, 4) is 0 Å². The molecule has 0 unspecified atom stereocenters. The maximum Gasteiger partial charge on any atom is 0.244 e. The van der Waals surface area contributed by atoms with E-state index in [1.165, 1.54) is 11.9 Å². The molecule has 1 atom stereocenters. The highest BCUT2D eigenvalue weighted by molar-refractivity contribution is 7.92. The molecule has 0 aromatic heterocycles. The van der Waals surface area contributed by atoms with E-state index in [1.807, 2.05) is 55.5 Å². The molecule has 10 heteroatoms. The van der Waals surface area contributed by atoms with Crippen LogP contribution in [-0.4, -0.2) is 51.0 Å². The normalized spacial score (nSPS) is 12.0. The van der Waals surface area contributed by atoms with Gasteiger partial charge >= 0.3 is 0 Å². The lowest BCUT2D eigenvalue weighted by atomic mass is 10.0. The molecule has 3 aromatic carbocycles. The van der Waals surface area contributed by atoms with Gasteiger partial charge in [-0.1, -0.05) is 54.6 Å². The first-order valence-corrected chi connectivity index (χ1v) is 13.4. The molecular formula is C27H29F2N3O4S. The van der Waals surface area contributed by atoms with Crippen LogP contribution in [0.3, 0.4) is 0 Å². The molecule has 0 aliphatic rings. The second kappa shape index (κ2) is 12.0. The third-order valence-corrected chi connectivity index (χ3v) is 7.13. The van der Waals surface area contributed by atoms with Crippen molar-refractivity contribution in [3.05, 3.63) is 101 Å². The number of aryl methyl sites for hydroxylation is 1. The van der Waals surface area contributed by atoms with Crippen LogP contribution in [-0.2, 0) is 32.6 Å². The van der Waals surface area contributed by atoms with E-state index in [-0.39, 0.29) is 18.7 Å². The van der Waals surface area contributed by atoms with Crippen molar-refractivity contribution in [2.75, 3.05) is 24.2 Å². The smallest absolute Gasteiger partial charge is 0.244 e. The molecule has 0 heterocycles. The number of likely N-dealkylation sites (N-methyl/N-ethyl adjacent to an activating group) is 1. The zero-order chi connectivity index (χ0) is 27.2. The van der Waals surface area contributed by atoms with Crippen LogP contribution in [0.2, 0.25) is 0 Å². The number of hydrogen-bond donors (Lipinski definition) is 1. The molecule has 37 heavy (non-hydrogen) atoms. The molecule has 3 aromatic rings. The highest BCUT2D eigenvalue weighted by Crippen LogP contribution is 2.23. The van der Waals surface area contributed by atoms with Crippen LogP contribution in [0.5, 0.6) is 0 Å². The predicted molar refractivity (Wildman–Crippen MR) is 138 cm³/mol. The average Bonchev–Trinajstić information content (AvgIpc) is 2.86. The molecule has 7 nitrogen and oxygen atoms in total. The van der Waals surface area contributed by atoms with Crippen molar-refractivity contribution < 1.29 is 26.8 Å². The summed E-state index contributed by atoms with van der Waals surface area (Å²) in [7, 11) is -2.61. The molecule has 0 bridgehead atoms. The largest absolute Gasteiger partial charge is 0.357 e. The zero-order valence-corrected chi connectivity index (χ0v) is 21.6. The van der Waals surface area contributed by atoms with Crippen molar-refractivity contribution in [3.63, 3.8) is 0 Å². The summed E-state index contributed by atoms with van der Waals surface area (Å²) in [5.41, 5.74) is 2.26. The van der Waals surface area contributed by atoms with E-state index in [0.717, 1.165) is 41.1 Å². The fourth-order valence-corrected chi connectivity index (χ4v) is 4.79. The Labute approximate surface area is 215 Å². The second-order valence-electron chi connectivity index (χ2n) is 8.64. The second-order valence-corrected chi connectivity index (χ2v) is 10.5. The van der Waals surface area contributed by atoms with Gasteiger partial charge in [0.1, 0.15) is 12.6 Å². The van der Waals surface area contributed by atoms with Gasteiger partial charge in [-0.2, -0.15) is 0 Å². The number of amides is 2. The van der Waals surface area contributed by atoms with Crippen molar-refractivity contribution in [1.29, 1.82) is 0 Å². The quantitative estimate of drug-likeness (QED) is 0.436. The predicted octanol–water partition coefficient (Wildman–Crippen LogP) is 3.43. The summed E-state index contributed by atoms with van der Waals surface area (Å²) in [5.74, 6) is -3.50. The number of nitrogens with one attached hydrogen (secondary N) is 1. The van der Waals surface area contributed by atoms with Gasteiger partial charge in [0, 0.05) is 26.1 Å². The Morgan fingerprint density at radius 2 is 1.59 bits per heavy atom. The molecule has 0 aliphatic carbocycles. The lowest BCUT2D eigenvalue weighted by molar-refractivity contribution is -0.139. The molecular weight excluding hydrogens is 500 g/mol. The third-order valence-electron chi connectivity index (χ3n) is 5.99. The first-order valence-electron chi connectivity index (χ1n) is 11.5. The standard InChI is InChI=1S/C27H29F2N3O4S/c1-19-9-7-8-12-21(19)17-31(25(27(34)30-2)15-20-10-5-4-6-11-20)26(33)18-32(37(3,35)36)22-13-14-23(28)24(29)16-22/h4-14,16,25H,15,17-18H2,1-3H3,(H,30,34)/t25-/m1/s1.